The van der Waals surface area contributed by atoms with Crippen LogP contribution in [0.3, 0.4) is 0 Å². The number of nitrogens with one attached hydrogen (secondary N) is 1. The molecule has 3 aliphatic rings. The van der Waals surface area contributed by atoms with E-state index in [2.05, 4.69) is 17.1 Å². The van der Waals surface area contributed by atoms with Gasteiger partial charge in [-0.05, 0) is 63.0 Å². The van der Waals surface area contributed by atoms with Gasteiger partial charge in [-0.25, -0.2) is 0 Å². The fourth-order valence-corrected chi connectivity index (χ4v) is 4.13. The van der Waals surface area contributed by atoms with E-state index in [4.69, 9.17) is 4.42 Å². The van der Waals surface area contributed by atoms with Gasteiger partial charge in [-0.15, -0.1) is 0 Å². The molecule has 7 heteroatoms. The summed E-state index contributed by atoms with van der Waals surface area (Å²) in [6.07, 6.45) is 2.25. The fourth-order valence-electron chi connectivity index (χ4n) is 4.13. The van der Waals surface area contributed by atoms with E-state index in [1.165, 1.54) is 12.1 Å². The topological polar surface area (TPSA) is 88.6 Å². The van der Waals surface area contributed by atoms with Gasteiger partial charge in [0.05, 0.1) is 4.92 Å². The van der Waals surface area contributed by atoms with Gasteiger partial charge in [-0.2, -0.15) is 0 Å². The molecule has 136 valence electrons. The monoisotopic (exact) mass is 355 g/mol. The van der Waals surface area contributed by atoms with E-state index in [9.17, 15) is 14.9 Å². The van der Waals surface area contributed by atoms with Gasteiger partial charge in [0.1, 0.15) is 5.76 Å². The zero-order valence-corrected chi connectivity index (χ0v) is 14.6. The van der Waals surface area contributed by atoms with Crippen LogP contribution >= 0.6 is 0 Å². The first kappa shape index (κ1) is 16.8. The summed E-state index contributed by atoms with van der Waals surface area (Å²) in [5, 5.41) is 13.9. The molecule has 1 amide bonds. The molecule has 5 rings (SSSR count). The molecule has 7 nitrogen and oxygen atoms in total. The zero-order chi connectivity index (χ0) is 18.3. The minimum absolute atomic E-state index is 0.0228. The maximum Gasteiger partial charge on any atom is 0.287 e. The third-order valence-electron chi connectivity index (χ3n) is 5.67. The predicted molar refractivity (Wildman–Crippen MR) is 95.8 cm³/mol. The summed E-state index contributed by atoms with van der Waals surface area (Å²) in [6, 6.07) is 9.95. The van der Waals surface area contributed by atoms with Crippen LogP contribution < -0.4 is 5.32 Å². The van der Waals surface area contributed by atoms with E-state index in [0.717, 1.165) is 25.9 Å². The van der Waals surface area contributed by atoms with Gasteiger partial charge in [0, 0.05) is 29.8 Å². The number of nitro benzene ring substituents is 1. The highest BCUT2D eigenvalue weighted by molar-refractivity contribution is 5.92. The van der Waals surface area contributed by atoms with Crippen molar-refractivity contribution in [2.24, 2.45) is 5.92 Å². The first-order chi connectivity index (χ1) is 12.5. The minimum Gasteiger partial charge on any atom is -0.451 e. The number of non-ortho nitro benzene ring substituents is 1. The number of piperidine rings is 3. The molecule has 1 N–H and O–H groups in total. The Morgan fingerprint density at radius 1 is 1.19 bits per heavy atom. The van der Waals surface area contributed by atoms with Gasteiger partial charge in [0.2, 0.25) is 0 Å². The minimum atomic E-state index is -0.445. The highest BCUT2D eigenvalue weighted by Gasteiger charge is 2.40. The number of furan rings is 1. The second kappa shape index (κ2) is 6.57. The number of carbonyl (C=O) groups excluding carboxylic acids is 1. The van der Waals surface area contributed by atoms with Crippen LogP contribution in [-0.2, 0) is 0 Å². The summed E-state index contributed by atoms with van der Waals surface area (Å²) in [4.78, 5) is 25.3. The summed E-state index contributed by atoms with van der Waals surface area (Å²) in [5.74, 6) is 1.11. The normalized spacial score (nSPS) is 27.3. The molecule has 0 unspecified atom stereocenters. The number of carbonyl (C=O) groups is 1. The standard InChI is InChI=1S/C19H21N3O4/c1-12-18(14-8-10-21(12)11-9-14)20-19(23)17-7-6-16(26-17)13-2-4-15(5-3-13)22(24)25/h2-7,12,14,18H,8-11H2,1H3,(H,20,23)/t12-,18-/m0/s1. The first-order valence-corrected chi connectivity index (χ1v) is 8.92. The summed E-state index contributed by atoms with van der Waals surface area (Å²) in [5.41, 5.74) is 0.723. The molecular weight excluding hydrogens is 334 g/mol. The van der Waals surface area contributed by atoms with Crippen molar-refractivity contribution in [3.63, 3.8) is 0 Å². The van der Waals surface area contributed by atoms with Gasteiger partial charge in [-0.3, -0.25) is 19.8 Å². The Hall–Kier alpha value is -2.67. The molecule has 2 aromatic rings. The molecule has 26 heavy (non-hydrogen) atoms. The number of nitrogens with zero attached hydrogens (tertiary/aromatic N) is 2. The maximum absolute atomic E-state index is 12.6. The lowest BCUT2D eigenvalue weighted by atomic mass is 9.79. The van der Waals surface area contributed by atoms with Crippen molar-refractivity contribution in [2.45, 2.75) is 31.8 Å². The Balaban J connectivity index is 1.47. The quantitative estimate of drug-likeness (QED) is 0.672. The second-order valence-corrected chi connectivity index (χ2v) is 7.08. The van der Waals surface area contributed by atoms with Crippen molar-refractivity contribution in [3.8, 4) is 11.3 Å². The van der Waals surface area contributed by atoms with Gasteiger partial charge < -0.3 is 9.73 Å². The molecule has 0 aliphatic carbocycles. The van der Waals surface area contributed by atoms with Crippen molar-refractivity contribution in [2.75, 3.05) is 13.1 Å². The molecule has 3 fully saturated rings. The van der Waals surface area contributed by atoms with E-state index in [0.29, 0.717) is 23.3 Å². The van der Waals surface area contributed by atoms with E-state index in [-0.39, 0.29) is 23.4 Å². The summed E-state index contributed by atoms with van der Waals surface area (Å²) in [7, 11) is 0. The lowest BCUT2D eigenvalue weighted by Crippen LogP contribution is -2.62. The highest BCUT2D eigenvalue weighted by atomic mass is 16.6. The largest absolute Gasteiger partial charge is 0.451 e. The highest BCUT2D eigenvalue weighted by Crippen LogP contribution is 2.32. The summed E-state index contributed by atoms with van der Waals surface area (Å²) >= 11 is 0. The van der Waals surface area contributed by atoms with Crippen LogP contribution in [-0.4, -0.2) is 40.9 Å². The van der Waals surface area contributed by atoms with E-state index in [1.807, 2.05) is 0 Å². The molecule has 0 spiro atoms. The smallest absolute Gasteiger partial charge is 0.287 e. The van der Waals surface area contributed by atoms with E-state index in [1.54, 1.807) is 24.3 Å². The van der Waals surface area contributed by atoms with Crippen molar-refractivity contribution in [3.05, 3.63) is 52.3 Å². The van der Waals surface area contributed by atoms with Crippen LogP contribution in [0.5, 0.6) is 0 Å². The zero-order valence-electron chi connectivity index (χ0n) is 14.6. The third kappa shape index (κ3) is 2.99. The summed E-state index contributed by atoms with van der Waals surface area (Å²) in [6.45, 7) is 4.40. The van der Waals surface area contributed by atoms with Crippen molar-refractivity contribution >= 4 is 11.6 Å². The number of nitro groups is 1. The Labute approximate surface area is 151 Å². The lowest BCUT2D eigenvalue weighted by molar-refractivity contribution is -0.384. The number of hydrogen-bond donors (Lipinski definition) is 1. The number of rotatable bonds is 4. The van der Waals surface area contributed by atoms with Crippen molar-refractivity contribution in [1.29, 1.82) is 0 Å². The van der Waals surface area contributed by atoms with Gasteiger partial charge in [0.15, 0.2) is 5.76 Å². The third-order valence-corrected chi connectivity index (χ3v) is 5.67. The molecule has 1 aromatic heterocycles. The maximum atomic E-state index is 12.6. The molecule has 4 heterocycles. The fraction of sp³-hybridized carbons (Fsp3) is 0.421. The van der Waals surface area contributed by atoms with Gasteiger partial charge in [0.25, 0.3) is 11.6 Å². The average molecular weight is 355 g/mol. The summed E-state index contributed by atoms with van der Waals surface area (Å²) < 4.78 is 5.69. The molecule has 3 saturated heterocycles. The number of hydrogen-bond acceptors (Lipinski definition) is 5. The lowest BCUT2D eigenvalue weighted by Gasteiger charge is -2.49. The molecule has 2 bridgehead atoms. The van der Waals surface area contributed by atoms with Crippen LogP contribution in [0.1, 0.15) is 30.3 Å². The predicted octanol–water partition coefficient (Wildman–Crippen LogP) is 3.07. The number of benzene rings is 1. The SMILES string of the molecule is C[C@H]1[C@H](NC(=O)c2ccc(-c3ccc([N+](=O)[O-])cc3)o2)C2CCN1CC2. The molecule has 0 saturated carbocycles. The Bertz CT molecular complexity index is 820. The van der Waals surface area contributed by atoms with Gasteiger partial charge >= 0.3 is 0 Å². The van der Waals surface area contributed by atoms with Crippen molar-refractivity contribution < 1.29 is 14.1 Å². The van der Waals surface area contributed by atoms with Crippen LogP contribution in [0.4, 0.5) is 5.69 Å². The van der Waals surface area contributed by atoms with Crippen LogP contribution in [0.15, 0.2) is 40.8 Å². The number of fused-ring (bicyclic) bond motifs is 3. The molecule has 1 aromatic carbocycles. The van der Waals surface area contributed by atoms with Gasteiger partial charge in [-0.1, -0.05) is 0 Å². The average Bonchev–Trinajstić information content (AvgIpc) is 3.15. The van der Waals surface area contributed by atoms with E-state index < -0.39 is 4.92 Å². The van der Waals surface area contributed by atoms with Crippen molar-refractivity contribution in [1.82, 2.24) is 10.2 Å². The molecular formula is C19H21N3O4. The molecule has 2 atom stereocenters. The molecule has 0 radical (unpaired) electrons. The Kier molecular flexibility index (Phi) is 4.24. The second-order valence-electron chi connectivity index (χ2n) is 7.08. The Morgan fingerprint density at radius 3 is 2.50 bits per heavy atom. The Morgan fingerprint density at radius 2 is 1.88 bits per heavy atom. The van der Waals surface area contributed by atoms with E-state index >= 15 is 0 Å². The number of amides is 1. The first-order valence-electron chi connectivity index (χ1n) is 8.92. The van der Waals surface area contributed by atoms with Crippen LogP contribution in [0.2, 0.25) is 0 Å². The van der Waals surface area contributed by atoms with Crippen LogP contribution in [0, 0.1) is 16.0 Å². The molecule has 3 aliphatic heterocycles. The van der Waals surface area contributed by atoms with Crippen LogP contribution in [0.25, 0.3) is 11.3 Å².